The van der Waals surface area contributed by atoms with Gasteiger partial charge in [-0.05, 0) is 51.0 Å². The highest BCUT2D eigenvalue weighted by Crippen LogP contribution is 2.24. The van der Waals surface area contributed by atoms with Gasteiger partial charge >= 0.3 is 0 Å². The molecule has 0 bridgehead atoms. The van der Waals surface area contributed by atoms with Gasteiger partial charge in [0.25, 0.3) is 0 Å². The minimum Gasteiger partial charge on any atom is -0.393 e. The van der Waals surface area contributed by atoms with Crippen LogP contribution in [0.4, 0.5) is 0 Å². The van der Waals surface area contributed by atoms with Gasteiger partial charge in [0, 0.05) is 6.54 Å². The van der Waals surface area contributed by atoms with Gasteiger partial charge in [0.15, 0.2) is 0 Å². The molecular formula is C14H28N2O2. The lowest BCUT2D eigenvalue weighted by Crippen LogP contribution is -2.44. The minimum atomic E-state index is -0.144. The van der Waals surface area contributed by atoms with E-state index in [1.807, 2.05) is 6.92 Å². The summed E-state index contributed by atoms with van der Waals surface area (Å²) in [7, 11) is 0. The highest BCUT2D eigenvalue weighted by atomic mass is 16.3. The molecule has 4 heteroatoms. The van der Waals surface area contributed by atoms with Gasteiger partial charge in [0.2, 0.25) is 5.91 Å². The Kier molecular flexibility index (Phi) is 6.65. The first-order valence-corrected chi connectivity index (χ1v) is 7.18. The summed E-state index contributed by atoms with van der Waals surface area (Å²) in [5.41, 5.74) is 0. The predicted molar refractivity (Wildman–Crippen MR) is 73.3 cm³/mol. The first-order chi connectivity index (χ1) is 8.49. The maximum atomic E-state index is 11.8. The van der Waals surface area contributed by atoms with E-state index in [-0.39, 0.29) is 18.1 Å². The lowest BCUT2D eigenvalue weighted by atomic mass is 10.1. The van der Waals surface area contributed by atoms with Crippen LogP contribution in [0.1, 0.15) is 46.5 Å². The molecule has 1 aliphatic rings. The van der Waals surface area contributed by atoms with E-state index in [4.69, 9.17) is 0 Å². The molecule has 0 aromatic carbocycles. The summed E-state index contributed by atoms with van der Waals surface area (Å²) in [4.78, 5) is 11.8. The molecule has 0 radical (unpaired) electrons. The summed E-state index contributed by atoms with van der Waals surface area (Å²) in [6.07, 6.45) is 3.73. The number of hydrogen-bond donors (Lipinski definition) is 3. The molecule has 3 N–H and O–H groups in total. The number of carbonyl (C=O) groups excluding carboxylic acids is 1. The van der Waals surface area contributed by atoms with Gasteiger partial charge in [-0.25, -0.2) is 0 Å². The number of carbonyl (C=O) groups is 1. The van der Waals surface area contributed by atoms with E-state index in [2.05, 4.69) is 24.5 Å². The Morgan fingerprint density at radius 3 is 2.61 bits per heavy atom. The fourth-order valence-corrected chi connectivity index (χ4v) is 2.31. The molecule has 0 aromatic rings. The van der Waals surface area contributed by atoms with Crippen molar-refractivity contribution in [2.24, 2.45) is 11.8 Å². The Labute approximate surface area is 111 Å². The second kappa shape index (κ2) is 7.74. The summed E-state index contributed by atoms with van der Waals surface area (Å²) >= 11 is 0. The molecule has 1 aliphatic carbocycles. The van der Waals surface area contributed by atoms with Crippen molar-refractivity contribution in [2.45, 2.75) is 58.6 Å². The molecule has 106 valence electrons. The lowest BCUT2D eigenvalue weighted by molar-refractivity contribution is -0.122. The third-order valence-corrected chi connectivity index (χ3v) is 3.64. The van der Waals surface area contributed by atoms with Crippen molar-refractivity contribution in [1.29, 1.82) is 0 Å². The van der Waals surface area contributed by atoms with Gasteiger partial charge in [-0.3, -0.25) is 4.79 Å². The number of rotatable bonds is 7. The molecule has 1 rings (SSSR count). The summed E-state index contributed by atoms with van der Waals surface area (Å²) < 4.78 is 0. The Balaban J connectivity index is 2.11. The Hall–Kier alpha value is -0.610. The number of nitrogens with one attached hydrogen (secondary N) is 2. The summed E-state index contributed by atoms with van der Waals surface area (Å²) in [5.74, 6) is 1.22. The zero-order valence-electron chi connectivity index (χ0n) is 11.9. The fraction of sp³-hybridized carbons (Fsp3) is 0.929. The highest BCUT2D eigenvalue weighted by molar-refractivity contribution is 5.81. The SMILES string of the molecule is CC(C)CCNC(=O)C(C)NCC1CCC(O)C1. The number of aliphatic hydroxyl groups excluding tert-OH is 1. The van der Waals surface area contributed by atoms with Crippen molar-refractivity contribution in [1.82, 2.24) is 10.6 Å². The van der Waals surface area contributed by atoms with Crippen LogP contribution in [0, 0.1) is 11.8 Å². The Bertz CT molecular complexity index is 256. The second-order valence-corrected chi connectivity index (χ2v) is 5.94. The van der Waals surface area contributed by atoms with E-state index in [9.17, 15) is 9.90 Å². The number of aliphatic hydroxyl groups is 1. The first kappa shape index (κ1) is 15.4. The topological polar surface area (TPSA) is 61.4 Å². The molecule has 3 unspecified atom stereocenters. The summed E-state index contributed by atoms with van der Waals surface area (Å²) in [5, 5.41) is 15.6. The van der Waals surface area contributed by atoms with Crippen LogP contribution in [-0.2, 0) is 4.79 Å². The molecule has 0 spiro atoms. The smallest absolute Gasteiger partial charge is 0.236 e. The van der Waals surface area contributed by atoms with Crippen molar-refractivity contribution < 1.29 is 9.90 Å². The van der Waals surface area contributed by atoms with Gasteiger partial charge in [-0.15, -0.1) is 0 Å². The predicted octanol–water partition coefficient (Wildman–Crippen LogP) is 1.29. The first-order valence-electron chi connectivity index (χ1n) is 7.18. The Morgan fingerprint density at radius 2 is 2.06 bits per heavy atom. The van der Waals surface area contributed by atoms with E-state index < -0.39 is 0 Å². The molecule has 0 heterocycles. The molecule has 4 nitrogen and oxygen atoms in total. The molecule has 0 aromatic heterocycles. The van der Waals surface area contributed by atoms with Crippen LogP contribution in [0.25, 0.3) is 0 Å². The maximum Gasteiger partial charge on any atom is 0.236 e. The standard InChI is InChI=1S/C14H28N2O2/c1-10(2)6-7-15-14(18)11(3)16-9-12-4-5-13(17)8-12/h10-13,16-17H,4-9H2,1-3H3,(H,15,18). The molecule has 1 saturated carbocycles. The van der Waals surface area contributed by atoms with Gasteiger partial charge in [0.1, 0.15) is 0 Å². The molecule has 0 aliphatic heterocycles. The van der Waals surface area contributed by atoms with E-state index in [1.165, 1.54) is 0 Å². The van der Waals surface area contributed by atoms with Crippen LogP contribution in [0.5, 0.6) is 0 Å². The molecule has 18 heavy (non-hydrogen) atoms. The molecule has 1 amide bonds. The van der Waals surface area contributed by atoms with E-state index in [1.54, 1.807) is 0 Å². The number of amides is 1. The van der Waals surface area contributed by atoms with Crippen LogP contribution in [-0.4, -0.2) is 36.2 Å². The lowest BCUT2D eigenvalue weighted by Gasteiger charge is -2.17. The average molecular weight is 256 g/mol. The third kappa shape index (κ3) is 5.83. The van der Waals surface area contributed by atoms with E-state index in [0.717, 1.165) is 38.8 Å². The molecule has 3 atom stereocenters. The van der Waals surface area contributed by atoms with Crippen molar-refractivity contribution in [3.8, 4) is 0 Å². The molecule has 0 saturated heterocycles. The average Bonchev–Trinajstić information content (AvgIpc) is 2.71. The van der Waals surface area contributed by atoms with Crippen LogP contribution in [0.2, 0.25) is 0 Å². The van der Waals surface area contributed by atoms with E-state index in [0.29, 0.717) is 11.8 Å². The fourth-order valence-electron chi connectivity index (χ4n) is 2.31. The summed E-state index contributed by atoms with van der Waals surface area (Å²) in [6.45, 7) is 7.79. The van der Waals surface area contributed by atoms with Gasteiger partial charge < -0.3 is 15.7 Å². The monoisotopic (exact) mass is 256 g/mol. The van der Waals surface area contributed by atoms with Crippen LogP contribution < -0.4 is 10.6 Å². The minimum absolute atomic E-state index is 0.0780. The van der Waals surface area contributed by atoms with Crippen molar-refractivity contribution >= 4 is 5.91 Å². The van der Waals surface area contributed by atoms with Gasteiger partial charge in [0.05, 0.1) is 12.1 Å². The quantitative estimate of drug-likeness (QED) is 0.643. The zero-order chi connectivity index (χ0) is 13.5. The van der Waals surface area contributed by atoms with Crippen molar-refractivity contribution in [3.63, 3.8) is 0 Å². The van der Waals surface area contributed by atoms with E-state index >= 15 is 0 Å². The van der Waals surface area contributed by atoms with Crippen molar-refractivity contribution in [2.75, 3.05) is 13.1 Å². The normalized spacial score (nSPS) is 25.4. The summed E-state index contributed by atoms with van der Waals surface area (Å²) in [6, 6.07) is -0.144. The number of hydrogen-bond acceptors (Lipinski definition) is 3. The molecular weight excluding hydrogens is 228 g/mol. The Morgan fingerprint density at radius 1 is 1.33 bits per heavy atom. The second-order valence-electron chi connectivity index (χ2n) is 5.94. The zero-order valence-corrected chi connectivity index (χ0v) is 11.9. The van der Waals surface area contributed by atoms with Gasteiger partial charge in [-0.1, -0.05) is 13.8 Å². The maximum absolute atomic E-state index is 11.8. The van der Waals surface area contributed by atoms with Crippen molar-refractivity contribution in [3.05, 3.63) is 0 Å². The highest BCUT2D eigenvalue weighted by Gasteiger charge is 2.23. The largest absolute Gasteiger partial charge is 0.393 e. The van der Waals surface area contributed by atoms with Crippen LogP contribution >= 0.6 is 0 Å². The van der Waals surface area contributed by atoms with Gasteiger partial charge in [-0.2, -0.15) is 0 Å². The van der Waals surface area contributed by atoms with Crippen LogP contribution in [0.15, 0.2) is 0 Å². The third-order valence-electron chi connectivity index (χ3n) is 3.64. The molecule has 1 fully saturated rings. The van der Waals surface area contributed by atoms with Crippen LogP contribution in [0.3, 0.4) is 0 Å².